The summed E-state index contributed by atoms with van der Waals surface area (Å²) in [6.45, 7) is 2.58. The Bertz CT molecular complexity index is 1260. The first-order valence-electron chi connectivity index (χ1n) is 10.8. The lowest BCUT2D eigenvalue weighted by Crippen LogP contribution is -2.35. The van der Waals surface area contributed by atoms with Crippen LogP contribution in [0.25, 0.3) is 11.1 Å². The van der Waals surface area contributed by atoms with Gasteiger partial charge in [0.1, 0.15) is 18.1 Å². The molecular weight excluding hydrogens is 472 g/mol. The summed E-state index contributed by atoms with van der Waals surface area (Å²) in [6, 6.07) is 17.9. The minimum Gasteiger partial charge on any atom is -0.506 e. The van der Waals surface area contributed by atoms with Gasteiger partial charge in [-0.25, -0.2) is 13.2 Å². The van der Waals surface area contributed by atoms with Crippen LogP contribution in [0.5, 0.6) is 11.5 Å². The smallest absolute Gasteiger partial charge is 0.335 e. The molecule has 0 aliphatic carbocycles. The topological polar surface area (TPSA) is 145 Å². The Morgan fingerprint density at radius 3 is 2.17 bits per heavy atom. The number of sulfonamides is 1. The molecule has 10 heteroatoms. The molecule has 0 aliphatic heterocycles. The predicted octanol–water partition coefficient (Wildman–Crippen LogP) is 3.22. The van der Waals surface area contributed by atoms with Crippen LogP contribution in [0.15, 0.2) is 66.7 Å². The Morgan fingerprint density at radius 2 is 1.60 bits per heavy atom. The van der Waals surface area contributed by atoms with Crippen molar-refractivity contribution in [1.29, 1.82) is 0 Å². The van der Waals surface area contributed by atoms with E-state index in [9.17, 15) is 23.4 Å². The maximum Gasteiger partial charge on any atom is 0.335 e. The Morgan fingerprint density at radius 1 is 1.00 bits per heavy atom. The molecular formula is C25H28N2O7S. The molecule has 35 heavy (non-hydrogen) atoms. The fourth-order valence-corrected chi connectivity index (χ4v) is 3.99. The van der Waals surface area contributed by atoms with Gasteiger partial charge in [-0.05, 0) is 60.0 Å². The maximum absolute atomic E-state index is 11.5. The molecule has 2 unspecified atom stereocenters. The molecule has 2 atom stereocenters. The number of hydrogen-bond acceptors (Lipinski definition) is 7. The Balaban J connectivity index is 1.49. The lowest BCUT2D eigenvalue weighted by molar-refractivity contribution is 0.0697. The van der Waals surface area contributed by atoms with Crippen molar-refractivity contribution in [2.24, 2.45) is 0 Å². The number of nitrogens with one attached hydrogen (secondary N) is 2. The summed E-state index contributed by atoms with van der Waals surface area (Å²) >= 11 is 0. The fourth-order valence-electron chi connectivity index (χ4n) is 3.42. The molecule has 186 valence electrons. The molecule has 0 radical (unpaired) electrons. The zero-order valence-corrected chi connectivity index (χ0v) is 20.1. The summed E-state index contributed by atoms with van der Waals surface area (Å²) in [4.78, 5) is 11.0. The highest BCUT2D eigenvalue weighted by atomic mass is 32.2. The zero-order chi connectivity index (χ0) is 25.6. The van der Waals surface area contributed by atoms with Gasteiger partial charge in [0.25, 0.3) is 0 Å². The number of aliphatic hydroxyl groups is 1. The molecule has 0 saturated carbocycles. The molecule has 9 nitrogen and oxygen atoms in total. The normalized spacial score (nSPS) is 13.1. The van der Waals surface area contributed by atoms with Gasteiger partial charge in [0.15, 0.2) is 0 Å². The van der Waals surface area contributed by atoms with E-state index in [1.807, 2.05) is 24.3 Å². The zero-order valence-electron chi connectivity index (χ0n) is 19.3. The van der Waals surface area contributed by atoms with E-state index < -0.39 is 22.1 Å². The van der Waals surface area contributed by atoms with Crippen LogP contribution in [0.3, 0.4) is 0 Å². The van der Waals surface area contributed by atoms with Crippen LogP contribution in [0, 0.1) is 0 Å². The first kappa shape index (κ1) is 26.0. The second-order valence-electron chi connectivity index (χ2n) is 8.09. The SMILES string of the molecule is CC(NCCOc1ccc(-c2ccc(C(=O)O)cc2)cc1)C(O)c1ccc(O)c(NS(C)(=O)=O)c1. The van der Waals surface area contributed by atoms with Gasteiger partial charge in [0.2, 0.25) is 10.0 Å². The van der Waals surface area contributed by atoms with Crippen LogP contribution in [-0.2, 0) is 10.0 Å². The van der Waals surface area contributed by atoms with Gasteiger partial charge < -0.3 is 25.4 Å². The van der Waals surface area contributed by atoms with Gasteiger partial charge in [-0.1, -0.05) is 30.3 Å². The summed E-state index contributed by atoms with van der Waals surface area (Å²) in [5, 5.41) is 32.6. The fraction of sp³-hybridized carbons (Fsp3) is 0.240. The van der Waals surface area contributed by atoms with Crippen LogP contribution in [0.2, 0.25) is 0 Å². The largest absolute Gasteiger partial charge is 0.506 e. The second kappa shape index (κ2) is 11.2. The first-order chi connectivity index (χ1) is 16.5. The first-order valence-corrected chi connectivity index (χ1v) is 12.7. The standard InChI is InChI=1S/C25H28N2O7S/c1-16(24(29)20-9-12-23(28)22(15-20)27-35(2,32)33)26-13-14-34-21-10-7-18(8-11-21)17-3-5-19(6-4-17)25(30)31/h3-12,15-16,24,26-29H,13-14H2,1-2H3,(H,30,31). The number of rotatable bonds is 11. The number of hydrogen-bond donors (Lipinski definition) is 5. The molecule has 0 bridgehead atoms. The summed E-state index contributed by atoms with van der Waals surface area (Å²) in [7, 11) is -3.58. The number of phenolic OH excluding ortho intramolecular Hbond substituents is 1. The molecule has 5 N–H and O–H groups in total. The van der Waals surface area contributed by atoms with E-state index in [-0.39, 0.29) is 23.0 Å². The average molecular weight is 501 g/mol. The van der Waals surface area contributed by atoms with Gasteiger partial charge in [0.05, 0.1) is 23.6 Å². The minimum absolute atomic E-state index is 0.000795. The van der Waals surface area contributed by atoms with Crippen molar-refractivity contribution >= 4 is 21.7 Å². The minimum atomic E-state index is -3.58. The van der Waals surface area contributed by atoms with Crippen LogP contribution in [0.1, 0.15) is 28.9 Å². The number of aliphatic hydroxyl groups excluding tert-OH is 1. The highest BCUT2D eigenvalue weighted by Gasteiger charge is 2.18. The van der Waals surface area contributed by atoms with Crippen molar-refractivity contribution in [3.8, 4) is 22.6 Å². The monoisotopic (exact) mass is 500 g/mol. The lowest BCUT2D eigenvalue weighted by atomic mass is 10.0. The molecule has 0 amide bonds. The van der Waals surface area contributed by atoms with E-state index in [1.165, 1.54) is 18.2 Å². The predicted molar refractivity (Wildman–Crippen MR) is 133 cm³/mol. The number of aromatic carboxylic acids is 1. The molecule has 0 fully saturated rings. The highest BCUT2D eigenvalue weighted by Crippen LogP contribution is 2.29. The number of aromatic hydroxyl groups is 1. The van der Waals surface area contributed by atoms with Gasteiger partial charge in [-0.15, -0.1) is 0 Å². The van der Waals surface area contributed by atoms with Gasteiger partial charge in [-0.2, -0.15) is 0 Å². The number of phenols is 1. The summed E-state index contributed by atoms with van der Waals surface area (Å²) in [6.07, 6.45) is 0.0358. The van der Waals surface area contributed by atoms with Crippen molar-refractivity contribution in [3.05, 3.63) is 77.9 Å². The van der Waals surface area contributed by atoms with E-state index in [1.54, 1.807) is 31.2 Å². The number of carboxylic acid groups (broad SMARTS) is 1. The summed E-state index contributed by atoms with van der Waals surface area (Å²) in [5.41, 5.74) is 2.51. The molecule has 0 aromatic heterocycles. The number of benzene rings is 3. The Hall–Kier alpha value is -3.60. The van der Waals surface area contributed by atoms with Crippen molar-refractivity contribution in [1.82, 2.24) is 5.32 Å². The van der Waals surface area contributed by atoms with Crippen molar-refractivity contribution in [3.63, 3.8) is 0 Å². The van der Waals surface area contributed by atoms with Crippen molar-refractivity contribution in [2.75, 3.05) is 24.1 Å². The average Bonchev–Trinajstić information content (AvgIpc) is 2.82. The van der Waals surface area contributed by atoms with E-state index >= 15 is 0 Å². The molecule has 0 saturated heterocycles. The molecule has 3 aromatic rings. The van der Waals surface area contributed by atoms with Gasteiger partial charge in [-0.3, -0.25) is 4.72 Å². The second-order valence-corrected chi connectivity index (χ2v) is 9.84. The molecule has 3 rings (SSSR count). The van der Waals surface area contributed by atoms with E-state index in [2.05, 4.69) is 10.0 Å². The lowest BCUT2D eigenvalue weighted by Gasteiger charge is -2.21. The highest BCUT2D eigenvalue weighted by molar-refractivity contribution is 7.92. The molecule has 0 aliphatic rings. The van der Waals surface area contributed by atoms with Gasteiger partial charge >= 0.3 is 5.97 Å². The van der Waals surface area contributed by atoms with Crippen LogP contribution < -0.4 is 14.8 Å². The molecule has 3 aromatic carbocycles. The summed E-state index contributed by atoms with van der Waals surface area (Å²) in [5.74, 6) is -0.530. The maximum atomic E-state index is 11.5. The summed E-state index contributed by atoms with van der Waals surface area (Å²) < 4.78 is 30.9. The van der Waals surface area contributed by atoms with Crippen LogP contribution in [0.4, 0.5) is 5.69 Å². The van der Waals surface area contributed by atoms with E-state index in [0.717, 1.165) is 17.4 Å². The molecule has 0 heterocycles. The van der Waals surface area contributed by atoms with Gasteiger partial charge in [0, 0.05) is 12.6 Å². The van der Waals surface area contributed by atoms with Crippen molar-refractivity contribution < 1.29 is 33.3 Å². The quantitative estimate of drug-likeness (QED) is 0.199. The van der Waals surface area contributed by atoms with Crippen LogP contribution >= 0.6 is 0 Å². The van der Waals surface area contributed by atoms with Crippen molar-refractivity contribution in [2.45, 2.75) is 19.1 Å². The number of carbonyl (C=O) groups is 1. The Kier molecular flexibility index (Phi) is 8.34. The third kappa shape index (κ3) is 7.44. The number of ether oxygens (including phenoxy) is 1. The molecule has 0 spiro atoms. The third-order valence-electron chi connectivity index (χ3n) is 5.29. The third-order valence-corrected chi connectivity index (χ3v) is 5.88. The number of anilines is 1. The van der Waals surface area contributed by atoms with E-state index in [0.29, 0.717) is 24.5 Å². The van der Waals surface area contributed by atoms with Crippen LogP contribution in [-0.4, -0.2) is 55.2 Å². The Labute approximate surface area is 204 Å². The van der Waals surface area contributed by atoms with E-state index in [4.69, 9.17) is 9.84 Å². The number of carboxylic acids is 1.